The van der Waals surface area contributed by atoms with Crippen molar-refractivity contribution in [3.8, 4) is 0 Å². The van der Waals surface area contributed by atoms with E-state index < -0.39 is 12.0 Å². The molecule has 1 amide bonds. The highest BCUT2D eigenvalue weighted by molar-refractivity contribution is 9.10. The summed E-state index contributed by atoms with van der Waals surface area (Å²) in [6.45, 7) is 1.000. The molecular weight excluding hydrogens is 338 g/mol. The van der Waals surface area contributed by atoms with Crippen LogP contribution < -0.4 is 5.32 Å². The Hall–Kier alpha value is -1.40. The molecule has 1 saturated heterocycles. The summed E-state index contributed by atoms with van der Waals surface area (Å²) in [6.07, 6.45) is 1.07. The lowest BCUT2D eigenvalue weighted by Crippen LogP contribution is -2.45. The summed E-state index contributed by atoms with van der Waals surface area (Å²) < 4.78 is 10.9. The first-order valence-corrected chi connectivity index (χ1v) is 7.60. The topological polar surface area (TPSA) is 64.6 Å². The molecule has 1 aromatic carbocycles. The molecule has 21 heavy (non-hydrogen) atoms. The normalized spacial score (nSPS) is 19.0. The van der Waals surface area contributed by atoms with E-state index in [9.17, 15) is 9.59 Å². The number of esters is 1. The fraction of sp³-hybridized carbons (Fsp3) is 0.467. The third-order valence-electron chi connectivity index (χ3n) is 3.48. The van der Waals surface area contributed by atoms with Crippen LogP contribution in [-0.2, 0) is 25.5 Å². The van der Waals surface area contributed by atoms with Gasteiger partial charge in [-0.2, -0.15) is 0 Å². The zero-order valence-electron chi connectivity index (χ0n) is 11.8. The molecule has 5 nitrogen and oxygen atoms in total. The molecule has 0 aliphatic carbocycles. The van der Waals surface area contributed by atoms with Crippen LogP contribution in [0.2, 0.25) is 0 Å². The number of benzene rings is 1. The minimum atomic E-state index is -0.693. The van der Waals surface area contributed by atoms with Crippen LogP contribution in [0.5, 0.6) is 0 Å². The van der Waals surface area contributed by atoms with Gasteiger partial charge in [0.05, 0.1) is 19.6 Å². The third-order valence-corrected chi connectivity index (χ3v) is 4.26. The Morgan fingerprint density at radius 1 is 1.48 bits per heavy atom. The Morgan fingerprint density at radius 3 is 2.86 bits per heavy atom. The zero-order valence-corrected chi connectivity index (χ0v) is 13.4. The van der Waals surface area contributed by atoms with Crippen molar-refractivity contribution in [3.63, 3.8) is 0 Å². The van der Waals surface area contributed by atoms with E-state index in [1.165, 1.54) is 7.11 Å². The van der Waals surface area contributed by atoms with Gasteiger partial charge in [-0.05, 0) is 18.1 Å². The smallest absolute Gasteiger partial charge is 0.328 e. The van der Waals surface area contributed by atoms with Gasteiger partial charge in [-0.25, -0.2) is 4.79 Å². The number of ether oxygens (including phenoxy) is 2. The van der Waals surface area contributed by atoms with E-state index in [2.05, 4.69) is 21.2 Å². The van der Waals surface area contributed by atoms with Crippen molar-refractivity contribution in [2.24, 2.45) is 5.92 Å². The Labute approximate surface area is 132 Å². The molecule has 0 aromatic heterocycles. The first-order chi connectivity index (χ1) is 10.1. The second-order valence-electron chi connectivity index (χ2n) is 4.94. The number of rotatable bonds is 5. The van der Waals surface area contributed by atoms with Crippen molar-refractivity contribution in [2.75, 3.05) is 20.3 Å². The van der Waals surface area contributed by atoms with Crippen molar-refractivity contribution in [2.45, 2.75) is 18.9 Å². The van der Waals surface area contributed by atoms with Gasteiger partial charge in [-0.1, -0.05) is 34.1 Å². The maximum Gasteiger partial charge on any atom is 0.328 e. The maximum absolute atomic E-state index is 12.1. The van der Waals surface area contributed by atoms with E-state index in [1.807, 2.05) is 24.3 Å². The summed E-state index contributed by atoms with van der Waals surface area (Å²) in [5, 5.41) is 2.77. The molecule has 6 heteroatoms. The van der Waals surface area contributed by atoms with Crippen LogP contribution in [0.3, 0.4) is 0 Å². The van der Waals surface area contributed by atoms with E-state index in [1.54, 1.807) is 0 Å². The molecular formula is C15H18BrNO4. The highest BCUT2D eigenvalue weighted by Crippen LogP contribution is 2.19. The molecule has 1 fully saturated rings. The SMILES string of the molecule is COC(=O)[C@@H](Cc1ccccc1Br)NC(=O)[C@@H]1CCOC1. The number of amides is 1. The van der Waals surface area contributed by atoms with Gasteiger partial charge < -0.3 is 14.8 Å². The van der Waals surface area contributed by atoms with E-state index in [-0.39, 0.29) is 11.8 Å². The standard InChI is InChI=1S/C15H18BrNO4/c1-20-15(19)13(8-10-4-2-3-5-12(10)16)17-14(18)11-6-7-21-9-11/h2-5,11,13H,6-9H2,1H3,(H,17,18)/t11-,13-/m1/s1. The maximum atomic E-state index is 12.1. The van der Waals surface area contributed by atoms with Gasteiger partial charge in [0.2, 0.25) is 5.91 Å². The Balaban J connectivity index is 2.06. The predicted octanol–water partition coefficient (Wildman–Crippen LogP) is 1.69. The van der Waals surface area contributed by atoms with Crippen LogP contribution in [0.4, 0.5) is 0 Å². The molecule has 0 saturated carbocycles. The largest absolute Gasteiger partial charge is 0.467 e. The summed E-state index contributed by atoms with van der Waals surface area (Å²) in [5.41, 5.74) is 0.941. The van der Waals surface area contributed by atoms with Crippen molar-refractivity contribution in [3.05, 3.63) is 34.3 Å². The molecule has 1 N–H and O–H groups in total. The van der Waals surface area contributed by atoms with E-state index in [0.29, 0.717) is 26.1 Å². The molecule has 1 aromatic rings. The molecule has 0 bridgehead atoms. The highest BCUT2D eigenvalue weighted by Gasteiger charge is 2.29. The molecule has 1 aliphatic heterocycles. The van der Waals surface area contributed by atoms with Crippen LogP contribution in [0.1, 0.15) is 12.0 Å². The molecule has 2 rings (SSSR count). The highest BCUT2D eigenvalue weighted by atomic mass is 79.9. The van der Waals surface area contributed by atoms with Gasteiger partial charge in [0.15, 0.2) is 0 Å². The number of nitrogens with one attached hydrogen (secondary N) is 1. The van der Waals surface area contributed by atoms with Gasteiger partial charge in [-0.15, -0.1) is 0 Å². The van der Waals surface area contributed by atoms with Crippen molar-refractivity contribution in [1.29, 1.82) is 0 Å². The Bertz CT molecular complexity index is 514. The van der Waals surface area contributed by atoms with Crippen LogP contribution in [-0.4, -0.2) is 38.2 Å². The summed E-state index contributed by atoms with van der Waals surface area (Å²) >= 11 is 3.44. The minimum absolute atomic E-state index is 0.157. The molecule has 1 heterocycles. The lowest BCUT2D eigenvalue weighted by molar-refractivity contribution is -0.145. The number of hydrogen-bond donors (Lipinski definition) is 1. The molecule has 114 valence electrons. The second-order valence-corrected chi connectivity index (χ2v) is 5.79. The quantitative estimate of drug-likeness (QED) is 0.816. The van der Waals surface area contributed by atoms with E-state index in [0.717, 1.165) is 10.0 Å². The Morgan fingerprint density at radius 2 is 2.24 bits per heavy atom. The van der Waals surface area contributed by atoms with Crippen molar-refractivity contribution >= 4 is 27.8 Å². The fourth-order valence-corrected chi connectivity index (χ4v) is 2.70. The zero-order chi connectivity index (χ0) is 15.2. The first-order valence-electron chi connectivity index (χ1n) is 6.81. The van der Waals surface area contributed by atoms with E-state index in [4.69, 9.17) is 9.47 Å². The van der Waals surface area contributed by atoms with Gasteiger partial charge in [-0.3, -0.25) is 4.79 Å². The predicted molar refractivity (Wildman–Crippen MR) is 80.7 cm³/mol. The minimum Gasteiger partial charge on any atom is -0.467 e. The summed E-state index contributed by atoms with van der Waals surface area (Å²) in [5.74, 6) is -0.788. The van der Waals surface area contributed by atoms with Gasteiger partial charge >= 0.3 is 5.97 Å². The molecule has 2 atom stereocenters. The van der Waals surface area contributed by atoms with Crippen LogP contribution in [0.15, 0.2) is 28.7 Å². The first kappa shape index (κ1) is 16.0. The van der Waals surface area contributed by atoms with Crippen LogP contribution >= 0.6 is 15.9 Å². The lowest BCUT2D eigenvalue weighted by Gasteiger charge is -2.19. The molecule has 0 spiro atoms. The third kappa shape index (κ3) is 4.28. The summed E-state index contributed by atoms with van der Waals surface area (Å²) in [7, 11) is 1.32. The monoisotopic (exact) mass is 355 g/mol. The van der Waals surface area contributed by atoms with Crippen molar-refractivity contribution in [1.82, 2.24) is 5.32 Å². The second kappa shape index (κ2) is 7.56. The average Bonchev–Trinajstić information content (AvgIpc) is 3.02. The summed E-state index contributed by atoms with van der Waals surface area (Å²) in [4.78, 5) is 24.0. The molecule has 0 radical (unpaired) electrons. The summed E-state index contributed by atoms with van der Waals surface area (Å²) in [6, 6.07) is 6.90. The molecule has 0 unspecified atom stereocenters. The van der Waals surface area contributed by atoms with Crippen LogP contribution in [0.25, 0.3) is 0 Å². The number of carbonyl (C=O) groups is 2. The number of methoxy groups -OCH3 is 1. The van der Waals surface area contributed by atoms with Crippen molar-refractivity contribution < 1.29 is 19.1 Å². The number of carbonyl (C=O) groups excluding carboxylic acids is 2. The van der Waals surface area contributed by atoms with E-state index >= 15 is 0 Å². The molecule has 1 aliphatic rings. The fourth-order valence-electron chi connectivity index (χ4n) is 2.25. The lowest BCUT2D eigenvalue weighted by atomic mass is 10.0. The van der Waals surface area contributed by atoms with Gasteiger partial charge in [0, 0.05) is 17.5 Å². The average molecular weight is 356 g/mol. The number of halogens is 1. The Kier molecular flexibility index (Phi) is 5.76. The van der Waals surface area contributed by atoms with Crippen LogP contribution in [0, 0.1) is 5.92 Å². The van der Waals surface area contributed by atoms with Gasteiger partial charge in [0.1, 0.15) is 6.04 Å². The van der Waals surface area contributed by atoms with Gasteiger partial charge in [0.25, 0.3) is 0 Å². The number of hydrogen-bond acceptors (Lipinski definition) is 4.